The molecular formula is C17H23Cl2N5O. The highest BCUT2D eigenvalue weighted by Gasteiger charge is 2.22. The number of benzene rings is 1. The van der Waals surface area contributed by atoms with Gasteiger partial charge in [0.2, 0.25) is 11.9 Å². The summed E-state index contributed by atoms with van der Waals surface area (Å²) in [5.41, 5.74) is 7.72. The smallest absolute Gasteiger partial charge is 0.225 e. The summed E-state index contributed by atoms with van der Waals surface area (Å²) in [6, 6.07) is 9.52. The molecule has 136 valence electrons. The van der Waals surface area contributed by atoms with E-state index in [9.17, 15) is 4.79 Å². The number of amides is 1. The number of hydrogen-bond donors (Lipinski definition) is 1. The first-order valence-corrected chi connectivity index (χ1v) is 7.87. The fourth-order valence-electron chi connectivity index (χ4n) is 2.77. The summed E-state index contributed by atoms with van der Waals surface area (Å²) in [4.78, 5) is 24.9. The number of carbonyl (C=O) groups excluding carboxylic acids is 1. The second-order valence-electron chi connectivity index (χ2n) is 5.62. The van der Waals surface area contributed by atoms with Gasteiger partial charge in [-0.2, -0.15) is 0 Å². The average Bonchev–Trinajstić information content (AvgIpc) is 2.62. The maximum absolute atomic E-state index is 12.4. The number of halogens is 2. The lowest BCUT2D eigenvalue weighted by Gasteiger charge is -2.34. The van der Waals surface area contributed by atoms with Crippen LogP contribution < -0.4 is 10.6 Å². The van der Waals surface area contributed by atoms with Gasteiger partial charge in [-0.25, -0.2) is 9.97 Å². The average molecular weight is 384 g/mol. The second-order valence-corrected chi connectivity index (χ2v) is 5.62. The number of carbonyl (C=O) groups is 1. The molecular weight excluding hydrogens is 361 g/mol. The van der Waals surface area contributed by atoms with Gasteiger partial charge in [0.1, 0.15) is 0 Å². The molecule has 0 unspecified atom stereocenters. The molecule has 0 saturated carbocycles. The molecule has 1 aromatic heterocycles. The zero-order chi connectivity index (χ0) is 16.1. The number of para-hydroxylation sites is 1. The van der Waals surface area contributed by atoms with E-state index in [-0.39, 0.29) is 30.7 Å². The molecule has 8 heteroatoms. The maximum atomic E-state index is 12.4. The molecule has 1 fully saturated rings. The van der Waals surface area contributed by atoms with Gasteiger partial charge in [0, 0.05) is 50.7 Å². The lowest BCUT2D eigenvalue weighted by atomic mass is 10.1. The van der Waals surface area contributed by atoms with E-state index in [0.717, 1.165) is 30.3 Å². The zero-order valence-corrected chi connectivity index (χ0v) is 15.5. The number of aromatic nitrogens is 2. The molecule has 1 saturated heterocycles. The molecule has 1 amide bonds. The molecule has 1 aromatic carbocycles. The third-order valence-electron chi connectivity index (χ3n) is 4.13. The molecule has 0 bridgehead atoms. The molecule has 2 aromatic rings. The van der Waals surface area contributed by atoms with Crippen LogP contribution in [0.4, 0.5) is 11.6 Å². The number of rotatable bonds is 4. The Balaban J connectivity index is 0.00000156. The van der Waals surface area contributed by atoms with E-state index in [2.05, 4.69) is 14.9 Å². The quantitative estimate of drug-likeness (QED) is 0.818. The van der Waals surface area contributed by atoms with Gasteiger partial charge in [-0.15, -0.1) is 24.8 Å². The van der Waals surface area contributed by atoms with Crippen LogP contribution in [0.25, 0.3) is 0 Å². The first-order valence-electron chi connectivity index (χ1n) is 7.87. The summed E-state index contributed by atoms with van der Waals surface area (Å²) >= 11 is 0. The Kier molecular flexibility index (Phi) is 8.45. The van der Waals surface area contributed by atoms with Crippen LogP contribution >= 0.6 is 24.8 Å². The fraction of sp³-hybridized carbons (Fsp3) is 0.353. The molecule has 1 aliphatic rings. The monoisotopic (exact) mass is 383 g/mol. The van der Waals surface area contributed by atoms with Crippen molar-refractivity contribution in [3.8, 4) is 0 Å². The van der Waals surface area contributed by atoms with Crippen LogP contribution in [0.15, 0.2) is 42.7 Å². The third kappa shape index (κ3) is 5.47. The number of anilines is 2. The fourth-order valence-corrected chi connectivity index (χ4v) is 2.77. The Hall–Kier alpha value is -2.05. The van der Waals surface area contributed by atoms with E-state index in [0.29, 0.717) is 25.9 Å². The lowest BCUT2D eigenvalue weighted by Crippen LogP contribution is -2.49. The summed E-state index contributed by atoms with van der Waals surface area (Å²) < 4.78 is 0. The minimum absolute atomic E-state index is 0. The highest BCUT2D eigenvalue weighted by molar-refractivity contribution is 5.85. The van der Waals surface area contributed by atoms with E-state index >= 15 is 0 Å². The zero-order valence-electron chi connectivity index (χ0n) is 13.9. The minimum Gasteiger partial charge on any atom is -0.399 e. The molecule has 25 heavy (non-hydrogen) atoms. The summed E-state index contributed by atoms with van der Waals surface area (Å²) in [7, 11) is 0. The van der Waals surface area contributed by atoms with Gasteiger partial charge in [0.05, 0.1) is 0 Å². The summed E-state index contributed by atoms with van der Waals surface area (Å²) in [5.74, 6) is 0.915. The standard InChI is InChI=1S/C17H21N5O.2ClH/c18-15-5-2-1-4-14(15)6-7-16(23)21-10-12-22(13-11-21)17-19-8-3-9-20-17;;/h1-5,8-9H,6-7,10-13,18H2;2*1H. The van der Waals surface area contributed by atoms with Crippen LogP contribution in [0.2, 0.25) is 0 Å². The highest BCUT2D eigenvalue weighted by atomic mass is 35.5. The number of nitrogens with zero attached hydrogens (tertiary/aromatic N) is 4. The molecule has 1 aliphatic heterocycles. The van der Waals surface area contributed by atoms with Gasteiger partial charge in [-0.05, 0) is 24.1 Å². The van der Waals surface area contributed by atoms with E-state index in [4.69, 9.17) is 5.73 Å². The first kappa shape index (κ1) is 21.0. The van der Waals surface area contributed by atoms with Gasteiger partial charge < -0.3 is 15.5 Å². The molecule has 0 radical (unpaired) electrons. The van der Waals surface area contributed by atoms with Crippen LogP contribution in [0.5, 0.6) is 0 Å². The maximum Gasteiger partial charge on any atom is 0.225 e. The number of nitrogens with two attached hydrogens (primary N) is 1. The molecule has 0 aliphatic carbocycles. The molecule has 3 rings (SSSR count). The van der Waals surface area contributed by atoms with Gasteiger partial charge in [-0.3, -0.25) is 4.79 Å². The van der Waals surface area contributed by atoms with Crippen molar-refractivity contribution in [2.45, 2.75) is 12.8 Å². The van der Waals surface area contributed by atoms with Crippen LogP contribution in [0, 0.1) is 0 Å². The number of nitrogen functional groups attached to an aromatic ring is 1. The molecule has 2 N–H and O–H groups in total. The van der Waals surface area contributed by atoms with Gasteiger partial charge >= 0.3 is 0 Å². The van der Waals surface area contributed by atoms with Crippen LogP contribution in [-0.4, -0.2) is 47.0 Å². The van der Waals surface area contributed by atoms with Crippen molar-refractivity contribution in [3.05, 3.63) is 48.3 Å². The van der Waals surface area contributed by atoms with Crippen molar-refractivity contribution in [1.82, 2.24) is 14.9 Å². The van der Waals surface area contributed by atoms with Gasteiger partial charge in [0.15, 0.2) is 0 Å². The SMILES string of the molecule is Cl.Cl.Nc1ccccc1CCC(=O)N1CCN(c2ncccn2)CC1. The number of aryl methyl sites for hydroxylation is 1. The van der Waals surface area contributed by atoms with Gasteiger partial charge in [-0.1, -0.05) is 18.2 Å². The lowest BCUT2D eigenvalue weighted by molar-refractivity contribution is -0.131. The summed E-state index contributed by atoms with van der Waals surface area (Å²) in [6.45, 7) is 2.95. The molecule has 6 nitrogen and oxygen atoms in total. The van der Waals surface area contributed by atoms with E-state index < -0.39 is 0 Å². The predicted octanol–water partition coefficient (Wildman–Crippen LogP) is 2.18. The molecule has 2 heterocycles. The van der Waals surface area contributed by atoms with Crippen LogP contribution in [-0.2, 0) is 11.2 Å². The van der Waals surface area contributed by atoms with E-state index in [1.54, 1.807) is 18.5 Å². The van der Waals surface area contributed by atoms with Gasteiger partial charge in [0.25, 0.3) is 0 Å². The largest absolute Gasteiger partial charge is 0.399 e. The van der Waals surface area contributed by atoms with Crippen molar-refractivity contribution in [3.63, 3.8) is 0 Å². The Bertz CT molecular complexity index is 663. The summed E-state index contributed by atoms with van der Waals surface area (Å²) in [5, 5.41) is 0. The third-order valence-corrected chi connectivity index (χ3v) is 4.13. The second kappa shape index (κ2) is 10.1. The van der Waals surface area contributed by atoms with E-state index in [1.807, 2.05) is 29.2 Å². The minimum atomic E-state index is 0. The topological polar surface area (TPSA) is 75.4 Å². The Morgan fingerprint density at radius 3 is 2.28 bits per heavy atom. The molecule has 0 spiro atoms. The van der Waals surface area contributed by atoms with Crippen molar-refractivity contribution >= 4 is 42.4 Å². The Labute approximate surface area is 160 Å². The van der Waals surface area contributed by atoms with Crippen LogP contribution in [0.1, 0.15) is 12.0 Å². The van der Waals surface area contributed by atoms with Crippen molar-refractivity contribution in [1.29, 1.82) is 0 Å². The number of piperazine rings is 1. The van der Waals surface area contributed by atoms with Crippen molar-refractivity contribution in [2.24, 2.45) is 0 Å². The predicted molar refractivity (Wildman–Crippen MR) is 104 cm³/mol. The Morgan fingerprint density at radius 1 is 1.00 bits per heavy atom. The van der Waals surface area contributed by atoms with Crippen LogP contribution in [0.3, 0.4) is 0 Å². The normalized spacial score (nSPS) is 13.6. The first-order chi connectivity index (χ1) is 11.2. The highest BCUT2D eigenvalue weighted by Crippen LogP contribution is 2.15. The van der Waals surface area contributed by atoms with Crippen molar-refractivity contribution in [2.75, 3.05) is 36.8 Å². The summed E-state index contributed by atoms with van der Waals surface area (Å²) in [6.07, 6.45) is 4.66. The van der Waals surface area contributed by atoms with Crippen molar-refractivity contribution < 1.29 is 4.79 Å². The number of hydrogen-bond acceptors (Lipinski definition) is 5. The Morgan fingerprint density at radius 2 is 1.64 bits per heavy atom. The van der Waals surface area contributed by atoms with E-state index in [1.165, 1.54) is 0 Å². The molecule has 0 atom stereocenters.